The summed E-state index contributed by atoms with van der Waals surface area (Å²) in [5, 5.41) is 1.15. The molecule has 1 aromatic heterocycles. The summed E-state index contributed by atoms with van der Waals surface area (Å²) in [6, 6.07) is 21.0. The number of fused-ring (bicyclic) bond motifs is 2. The van der Waals surface area contributed by atoms with E-state index in [-0.39, 0.29) is 30.2 Å². The number of halogens is 1. The molecular formula is C23H19FN2O2. The van der Waals surface area contributed by atoms with Gasteiger partial charge in [0, 0.05) is 29.9 Å². The smallest absolute Gasteiger partial charge is 0.242 e. The van der Waals surface area contributed by atoms with Gasteiger partial charge < -0.3 is 9.47 Å². The first-order valence-corrected chi connectivity index (χ1v) is 9.04. The van der Waals surface area contributed by atoms with Gasteiger partial charge in [-0.05, 0) is 30.3 Å². The molecule has 0 saturated heterocycles. The van der Waals surface area contributed by atoms with Crippen LogP contribution in [0.3, 0.4) is 0 Å². The highest BCUT2D eigenvalue weighted by molar-refractivity contribution is 5.94. The lowest BCUT2D eigenvalue weighted by Gasteiger charge is -2.21. The fourth-order valence-electron chi connectivity index (χ4n) is 3.47. The van der Waals surface area contributed by atoms with Gasteiger partial charge in [0.25, 0.3) is 0 Å². The highest BCUT2D eigenvalue weighted by atomic mass is 19.1. The van der Waals surface area contributed by atoms with E-state index in [0.29, 0.717) is 27.4 Å². The van der Waals surface area contributed by atoms with Crippen molar-refractivity contribution in [3.05, 3.63) is 94.4 Å². The van der Waals surface area contributed by atoms with Gasteiger partial charge in [0.1, 0.15) is 12.4 Å². The quantitative estimate of drug-likeness (QED) is 0.508. The van der Waals surface area contributed by atoms with E-state index in [1.54, 1.807) is 37.4 Å². The molecule has 0 aliphatic carbocycles. The Morgan fingerprint density at radius 2 is 1.43 bits per heavy atom. The fraction of sp³-hybridized carbons (Fsp3) is 0.130. The van der Waals surface area contributed by atoms with Gasteiger partial charge in [0.15, 0.2) is 5.43 Å². The van der Waals surface area contributed by atoms with E-state index in [2.05, 4.69) is 0 Å². The van der Waals surface area contributed by atoms with Gasteiger partial charge in [0.05, 0.1) is 11.0 Å². The van der Waals surface area contributed by atoms with Crippen molar-refractivity contribution in [2.24, 2.45) is 0 Å². The SMILES string of the molecule is CN(Cc1ccccc1F)C(=O)Cn1c2ccccc2c(=O)c2ccccc21. The number of hydrogen-bond donors (Lipinski definition) is 0. The van der Waals surface area contributed by atoms with Gasteiger partial charge in [0.2, 0.25) is 5.91 Å². The normalized spacial score (nSPS) is 11.1. The predicted molar refractivity (Wildman–Crippen MR) is 109 cm³/mol. The summed E-state index contributed by atoms with van der Waals surface area (Å²) in [6.07, 6.45) is 0. The number of aromatic nitrogens is 1. The van der Waals surface area contributed by atoms with Crippen molar-refractivity contribution in [2.45, 2.75) is 13.1 Å². The molecule has 28 heavy (non-hydrogen) atoms. The molecule has 3 aromatic carbocycles. The van der Waals surface area contributed by atoms with E-state index >= 15 is 0 Å². The molecule has 0 N–H and O–H groups in total. The molecule has 1 amide bonds. The first-order valence-electron chi connectivity index (χ1n) is 9.04. The van der Waals surface area contributed by atoms with Crippen LogP contribution in [0.25, 0.3) is 21.8 Å². The average Bonchev–Trinajstić information content (AvgIpc) is 2.72. The van der Waals surface area contributed by atoms with Crippen molar-refractivity contribution in [2.75, 3.05) is 7.05 Å². The Labute approximate surface area is 161 Å². The van der Waals surface area contributed by atoms with E-state index in [1.807, 2.05) is 41.0 Å². The van der Waals surface area contributed by atoms with Gasteiger partial charge in [-0.2, -0.15) is 0 Å². The number of carbonyl (C=O) groups excluding carboxylic acids is 1. The number of nitrogens with zero attached hydrogens (tertiary/aromatic N) is 2. The number of pyridine rings is 1. The summed E-state index contributed by atoms with van der Waals surface area (Å²) in [5.74, 6) is -0.497. The molecule has 140 valence electrons. The molecule has 0 spiro atoms. The Balaban J connectivity index is 1.74. The minimum atomic E-state index is -0.332. The topological polar surface area (TPSA) is 42.3 Å². The molecule has 0 aliphatic rings. The zero-order chi connectivity index (χ0) is 19.7. The van der Waals surface area contributed by atoms with Crippen LogP contribution in [0.2, 0.25) is 0 Å². The minimum Gasteiger partial charge on any atom is -0.340 e. The van der Waals surface area contributed by atoms with Gasteiger partial charge in [-0.15, -0.1) is 0 Å². The zero-order valence-electron chi connectivity index (χ0n) is 15.4. The third-order valence-electron chi connectivity index (χ3n) is 4.96. The number of carbonyl (C=O) groups is 1. The standard InChI is InChI=1S/C23H19FN2O2/c1-25(14-16-8-2-5-11-19(16)24)22(27)15-26-20-12-6-3-9-17(20)23(28)18-10-4-7-13-21(18)26/h2-13H,14-15H2,1H3. The monoisotopic (exact) mass is 374 g/mol. The Kier molecular flexibility index (Phi) is 4.65. The van der Waals surface area contributed by atoms with Crippen LogP contribution >= 0.6 is 0 Å². The van der Waals surface area contributed by atoms with Gasteiger partial charge in [-0.3, -0.25) is 9.59 Å². The number of likely N-dealkylation sites (N-methyl/N-ethyl adjacent to an activating group) is 1. The summed E-state index contributed by atoms with van der Waals surface area (Å²) in [5.41, 5.74) is 1.83. The Morgan fingerprint density at radius 3 is 2.04 bits per heavy atom. The Hall–Kier alpha value is -3.47. The maximum atomic E-state index is 13.9. The second-order valence-electron chi connectivity index (χ2n) is 6.79. The third kappa shape index (κ3) is 3.16. The lowest BCUT2D eigenvalue weighted by molar-refractivity contribution is -0.130. The van der Waals surface area contributed by atoms with Crippen molar-refractivity contribution in [3.8, 4) is 0 Å². The van der Waals surface area contributed by atoms with Crippen molar-refractivity contribution >= 4 is 27.7 Å². The third-order valence-corrected chi connectivity index (χ3v) is 4.96. The van der Waals surface area contributed by atoms with Crippen molar-refractivity contribution in [1.29, 1.82) is 0 Å². The molecule has 0 bridgehead atoms. The van der Waals surface area contributed by atoms with Crippen LogP contribution in [0.15, 0.2) is 77.6 Å². The summed E-state index contributed by atoms with van der Waals surface area (Å²) in [6.45, 7) is 0.244. The lowest BCUT2D eigenvalue weighted by atomic mass is 10.1. The van der Waals surface area contributed by atoms with E-state index in [0.717, 1.165) is 0 Å². The largest absolute Gasteiger partial charge is 0.340 e. The second kappa shape index (κ2) is 7.27. The predicted octanol–water partition coefficient (Wildman–Crippen LogP) is 3.95. The van der Waals surface area contributed by atoms with Crippen LogP contribution in [0.5, 0.6) is 0 Å². The minimum absolute atomic E-state index is 0.0467. The van der Waals surface area contributed by atoms with Crippen LogP contribution in [0, 0.1) is 5.82 Å². The van der Waals surface area contributed by atoms with E-state index < -0.39 is 0 Å². The van der Waals surface area contributed by atoms with Crippen LogP contribution in [0.4, 0.5) is 4.39 Å². The zero-order valence-corrected chi connectivity index (χ0v) is 15.4. The van der Waals surface area contributed by atoms with E-state index in [9.17, 15) is 14.0 Å². The van der Waals surface area contributed by atoms with Crippen molar-refractivity contribution < 1.29 is 9.18 Å². The number of benzene rings is 3. The van der Waals surface area contributed by atoms with Crippen LogP contribution in [0.1, 0.15) is 5.56 Å². The summed E-state index contributed by atoms with van der Waals surface area (Å²) < 4.78 is 15.8. The van der Waals surface area contributed by atoms with Crippen molar-refractivity contribution in [3.63, 3.8) is 0 Å². The van der Waals surface area contributed by atoms with E-state index in [1.165, 1.54) is 11.0 Å². The van der Waals surface area contributed by atoms with Crippen molar-refractivity contribution in [1.82, 2.24) is 9.47 Å². The maximum Gasteiger partial charge on any atom is 0.242 e. The molecule has 0 aliphatic heterocycles. The van der Waals surface area contributed by atoms with Gasteiger partial charge in [-0.1, -0.05) is 42.5 Å². The number of hydrogen-bond acceptors (Lipinski definition) is 2. The highest BCUT2D eigenvalue weighted by Crippen LogP contribution is 2.19. The molecule has 0 atom stereocenters. The molecule has 0 fully saturated rings. The molecular weight excluding hydrogens is 355 g/mol. The first kappa shape index (κ1) is 17.9. The molecule has 4 nitrogen and oxygen atoms in total. The molecule has 0 unspecified atom stereocenters. The molecule has 4 rings (SSSR count). The molecule has 5 heteroatoms. The lowest BCUT2D eigenvalue weighted by Crippen LogP contribution is -2.30. The molecule has 1 heterocycles. The van der Waals surface area contributed by atoms with Crippen LogP contribution < -0.4 is 5.43 Å². The van der Waals surface area contributed by atoms with E-state index in [4.69, 9.17) is 0 Å². The molecule has 0 saturated carbocycles. The Bertz CT molecular complexity index is 1190. The summed E-state index contributed by atoms with van der Waals surface area (Å²) >= 11 is 0. The van der Waals surface area contributed by atoms with Crippen LogP contribution in [-0.4, -0.2) is 22.4 Å². The average molecular weight is 374 g/mol. The fourth-order valence-corrected chi connectivity index (χ4v) is 3.47. The van der Waals surface area contributed by atoms with Crippen LogP contribution in [-0.2, 0) is 17.9 Å². The first-order chi connectivity index (χ1) is 13.6. The molecule has 0 radical (unpaired) electrons. The van der Waals surface area contributed by atoms with Gasteiger partial charge in [-0.25, -0.2) is 4.39 Å². The Morgan fingerprint density at radius 1 is 0.893 bits per heavy atom. The number of para-hydroxylation sites is 2. The summed E-state index contributed by atoms with van der Waals surface area (Å²) in [7, 11) is 1.65. The number of rotatable bonds is 4. The maximum absolute atomic E-state index is 13.9. The number of amides is 1. The second-order valence-corrected chi connectivity index (χ2v) is 6.79. The summed E-state index contributed by atoms with van der Waals surface area (Å²) in [4.78, 5) is 27.2. The van der Waals surface area contributed by atoms with Gasteiger partial charge >= 0.3 is 0 Å². The molecule has 4 aromatic rings. The highest BCUT2D eigenvalue weighted by Gasteiger charge is 2.16.